The number of carbonyl (C=O) groups excluding carboxylic acids is 1. The summed E-state index contributed by atoms with van der Waals surface area (Å²) in [6, 6.07) is 7.91. The lowest BCUT2D eigenvalue weighted by molar-refractivity contribution is -0.138. The van der Waals surface area contributed by atoms with Gasteiger partial charge in [-0.3, -0.25) is 4.79 Å². The van der Waals surface area contributed by atoms with E-state index in [4.69, 9.17) is 9.47 Å². The molecule has 1 aromatic carbocycles. The van der Waals surface area contributed by atoms with Gasteiger partial charge in [-0.2, -0.15) is 5.26 Å². The fourth-order valence-corrected chi connectivity index (χ4v) is 3.10. The van der Waals surface area contributed by atoms with Crippen LogP contribution >= 0.6 is 0 Å². The monoisotopic (exact) mass is 286 g/mol. The van der Waals surface area contributed by atoms with E-state index in [1.54, 1.807) is 11.9 Å². The Balaban J connectivity index is 1.73. The van der Waals surface area contributed by atoms with Gasteiger partial charge in [-0.1, -0.05) is 18.9 Å². The Bertz CT molecular complexity index is 600. The molecule has 2 aliphatic rings. The standard InChI is InChI=1S/C16H18N2O3/c1-18(15(19)16(10-17)6-2-3-7-16)9-12-4-5-13-14(8-12)21-11-20-13/h4-5,8H,2-3,6-7,9,11H2,1H3. The molecule has 0 bridgehead atoms. The fraction of sp³-hybridized carbons (Fsp3) is 0.500. The zero-order chi connectivity index (χ0) is 14.9. The summed E-state index contributed by atoms with van der Waals surface area (Å²) in [6.07, 6.45) is 3.26. The van der Waals surface area contributed by atoms with Gasteiger partial charge in [0.25, 0.3) is 0 Å². The molecular formula is C16H18N2O3. The van der Waals surface area contributed by atoms with Gasteiger partial charge in [0.05, 0.1) is 6.07 Å². The quantitative estimate of drug-likeness (QED) is 0.856. The van der Waals surface area contributed by atoms with Crippen LogP contribution in [0.3, 0.4) is 0 Å². The highest BCUT2D eigenvalue weighted by molar-refractivity contribution is 5.85. The van der Waals surface area contributed by atoms with Gasteiger partial charge in [0.2, 0.25) is 12.7 Å². The molecule has 1 saturated carbocycles. The average molecular weight is 286 g/mol. The van der Waals surface area contributed by atoms with Gasteiger partial charge in [-0.05, 0) is 30.5 Å². The zero-order valence-electron chi connectivity index (χ0n) is 12.1. The van der Waals surface area contributed by atoms with Gasteiger partial charge in [-0.15, -0.1) is 0 Å². The molecule has 5 nitrogen and oxygen atoms in total. The van der Waals surface area contributed by atoms with E-state index >= 15 is 0 Å². The van der Waals surface area contributed by atoms with Gasteiger partial charge < -0.3 is 14.4 Å². The molecule has 0 radical (unpaired) electrons. The third-order valence-electron chi connectivity index (χ3n) is 4.28. The first-order valence-corrected chi connectivity index (χ1v) is 7.20. The molecule has 5 heteroatoms. The van der Waals surface area contributed by atoms with Crippen molar-refractivity contribution in [3.8, 4) is 17.6 Å². The van der Waals surface area contributed by atoms with Crippen LogP contribution < -0.4 is 9.47 Å². The number of hydrogen-bond acceptors (Lipinski definition) is 4. The van der Waals surface area contributed by atoms with E-state index in [1.165, 1.54) is 0 Å². The molecule has 1 aliphatic carbocycles. The second-order valence-corrected chi connectivity index (χ2v) is 5.75. The van der Waals surface area contributed by atoms with Crippen LogP contribution in [0.5, 0.6) is 11.5 Å². The van der Waals surface area contributed by atoms with Crippen molar-refractivity contribution in [3.05, 3.63) is 23.8 Å². The summed E-state index contributed by atoms with van der Waals surface area (Å²) >= 11 is 0. The minimum absolute atomic E-state index is 0.0693. The predicted molar refractivity (Wildman–Crippen MR) is 75.6 cm³/mol. The van der Waals surface area contributed by atoms with Crippen molar-refractivity contribution in [1.29, 1.82) is 5.26 Å². The average Bonchev–Trinajstić information content (AvgIpc) is 3.15. The number of nitrogens with zero attached hydrogens (tertiary/aromatic N) is 2. The summed E-state index contributed by atoms with van der Waals surface area (Å²) in [7, 11) is 1.75. The predicted octanol–water partition coefficient (Wildman–Crippen LogP) is 2.46. The van der Waals surface area contributed by atoms with E-state index in [-0.39, 0.29) is 12.7 Å². The Labute approximate surface area is 124 Å². The maximum atomic E-state index is 12.6. The molecule has 1 amide bonds. The number of carbonyl (C=O) groups is 1. The normalized spacial score (nSPS) is 18.3. The molecule has 110 valence electrons. The third kappa shape index (κ3) is 2.42. The number of hydrogen-bond donors (Lipinski definition) is 0. The lowest BCUT2D eigenvalue weighted by atomic mass is 9.86. The second kappa shape index (κ2) is 5.28. The molecule has 0 spiro atoms. The minimum atomic E-state index is -0.814. The Kier molecular flexibility index (Phi) is 3.46. The summed E-state index contributed by atoms with van der Waals surface area (Å²) < 4.78 is 10.6. The molecule has 1 aliphatic heterocycles. The molecule has 0 N–H and O–H groups in total. The molecule has 0 saturated heterocycles. The van der Waals surface area contributed by atoms with E-state index in [0.29, 0.717) is 25.1 Å². The van der Waals surface area contributed by atoms with Crippen LogP contribution in [0.4, 0.5) is 0 Å². The highest BCUT2D eigenvalue weighted by Crippen LogP contribution is 2.39. The molecule has 0 unspecified atom stereocenters. The van der Waals surface area contributed by atoms with Crippen molar-refractivity contribution in [2.45, 2.75) is 32.2 Å². The minimum Gasteiger partial charge on any atom is -0.454 e. The molecule has 1 heterocycles. The van der Waals surface area contributed by atoms with Gasteiger partial charge in [0.1, 0.15) is 5.41 Å². The first-order chi connectivity index (χ1) is 10.1. The summed E-state index contributed by atoms with van der Waals surface area (Å²) in [6.45, 7) is 0.712. The highest BCUT2D eigenvalue weighted by Gasteiger charge is 2.43. The van der Waals surface area contributed by atoms with Crippen molar-refractivity contribution in [1.82, 2.24) is 4.90 Å². The Morgan fingerprint density at radius 2 is 2.05 bits per heavy atom. The SMILES string of the molecule is CN(Cc1ccc2c(c1)OCO2)C(=O)C1(C#N)CCCC1. The summed E-state index contributed by atoms with van der Waals surface area (Å²) in [5, 5.41) is 9.39. The van der Waals surface area contributed by atoms with E-state index in [2.05, 4.69) is 6.07 Å². The van der Waals surface area contributed by atoms with Crippen LogP contribution in [0, 0.1) is 16.7 Å². The Hall–Kier alpha value is -2.22. The highest BCUT2D eigenvalue weighted by atomic mass is 16.7. The number of amides is 1. The molecule has 0 atom stereocenters. The van der Waals surface area contributed by atoms with Crippen LogP contribution in [-0.2, 0) is 11.3 Å². The molecule has 21 heavy (non-hydrogen) atoms. The first kappa shape index (κ1) is 13.7. The third-order valence-corrected chi connectivity index (χ3v) is 4.28. The maximum Gasteiger partial charge on any atom is 0.243 e. The van der Waals surface area contributed by atoms with Gasteiger partial charge in [0.15, 0.2) is 11.5 Å². The second-order valence-electron chi connectivity index (χ2n) is 5.75. The maximum absolute atomic E-state index is 12.6. The van der Waals surface area contributed by atoms with Crippen LogP contribution in [0.15, 0.2) is 18.2 Å². The van der Waals surface area contributed by atoms with E-state index in [0.717, 1.165) is 24.2 Å². The number of ether oxygens (including phenoxy) is 2. The number of fused-ring (bicyclic) bond motifs is 1. The van der Waals surface area contributed by atoms with E-state index < -0.39 is 5.41 Å². The lowest BCUT2D eigenvalue weighted by Gasteiger charge is -2.26. The number of rotatable bonds is 3. The number of benzene rings is 1. The van der Waals surface area contributed by atoms with Crippen molar-refractivity contribution in [3.63, 3.8) is 0 Å². The Morgan fingerprint density at radius 3 is 2.76 bits per heavy atom. The fourth-order valence-electron chi connectivity index (χ4n) is 3.10. The van der Waals surface area contributed by atoms with Crippen LogP contribution in [-0.4, -0.2) is 24.6 Å². The number of nitriles is 1. The van der Waals surface area contributed by atoms with E-state index in [1.807, 2.05) is 18.2 Å². The summed E-state index contributed by atoms with van der Waals surface area (Å²) in [5.41, 5.74) is 0.159. The van der Waals surface area contributed by atoms with Gasteiger partial charge in [0, 0.05) is 13.6 Å². The summed E-state index contributed by atoms with van der Waals surface area (Å²) in [4.78, 5) is 14.2. The topological polar surface area (TPSA) is 62.6 Å². The summed E-state index contributed by atoms with van der Waals surface area (Å²) in [5.74, 6) is 1.38. The van der Waals surface area contributed by atoms with E-state index in [9.17, 15) is 10.1 Å². The molecule has 1 fully saturated rings. The smallest absolute Gasteiger partial charge is 0.243 e. The molecule has 3 rings (SSSR count). The lowest BCUT2D eigenvalue weighted by Crippen LogP contribution is -2.39. The Morgan fingerprint density at radius 1 is 1.33 bits per heavy atom. The van der Waals surface area contributed by atoms with Crippen molar-refractivity contribution in [2.75, 3.05) is 13.8 Å². The molecule has 1 aromatic rings. The molecular weight excluding hydrogens is 268 g/mol. The van der Waals surface area contributed by atoms with Crippen molar-refractivity contribution in [2.24, 2.45) is 5.41 Å². The largest absolute Gasteiger partial charge is 0.454 e. The van der Waals surface area contributed by atoms with Crippen LogP contribution in [0.2, 0.25) is 0 Å². The molecule has 0 aromatic heterocycles. The first-order valence-electron chi connectivity index (χ1n) is 7.20. The van der Waals surface area contributed by atoms with Gasteiger partial charge in [-0.25, -0.2) is 0 Å². The van der Waals surface area contributed by atoms with Crippen LogP contribution in [0.1, 0.15) is 31.2 Å². The van der Waals surface area contributed by atoms with Crippen molar-refractivity contribution >= 4 is 5.91 Å². The van der Waals surface area contributed by atoms with Crippen molar-refractivity contribution < 1.29 is 14.3 Å². The van der Waals surface area contributed by atoms with Crippen LogP contribution in [0.25, 0.3) is 0 Å². The van der Waals surface area contributed by atoms with Gasteiger partial charge >= 0.3 is 0 Å². The zero-order valence-corrected chi connectivity index (χ0v) is 12.1.